The molecular formula is C13H22N4O2. The molecular weight excluding hydrogens is 244 g/mol. The predicted octanol–water partition coefficient (Wildman–Crippen LogP) is 1.27. The highest BCUT2D eigenvalue weighted by atomic mass is 16.5. The SMILES string of the molecule is CCN(CCOC)c1nc(C)cc(C)c1C(N)=NO. The van der Waals surface area contributed by atoms with E-state index in [0.29, 0.717) is 18.7 Å². The van der Waals surface area contributed by atoms with E-state index >= 15 is 0 Å². The molecule has 1 heterocycles. The molecule has 0 atom stereocenters. The van der Waals surface area contributed by atoms with Crippen molar-refractivity contribution in [3.05, 3.63) is 22.9 Å². The molecule has 1 aromatic heterocycles. The van der Waals surface area contributed by atoms with Crippen LogP contribution in [0.2, 0.25) is 0 Å². The Morgan fingerprint density at radius 1 is 1.53 bits per heavy atom. The van der Waals surface area contributed by atoms with Crippen molar-refractivity contribution in [1.29, 1.82) is 0 Å². The normalized spacial score (nSPS) is 11.7. The first-order chi connectivity index (χ1) is 9.04. The first-order valence-corrected chi connectivity index (χ1v) is 6.25. The fraction of sp³-hybridized carbons (Fsp3) is 0.538. The van der Waals surface area contributed by atoms with E-state index in [1.165, 1.54) is 0 Å². The van der Waals surface area contributed by atoms with Gasteiger partial charge in [0.05, 0.1) is 12.2 Å². The van der Waals surface area contributed by atoms with Crippen molar-refractivity contribution in [2.24, 2.45) is 10.9 Å². The first-order valence-electron chi connectivity index (χ1n) is 6.25. The zero-order valence-electron chi connectivity index (χ0n) is 12.0. The number of hydrogen-bond donors (Lipinski definition) is 2. The van der Waals surface area contributed by atoms with Gasteiger partial charge in [0.2, 0.25) is 0 Å². The Balaban J connectivity index is 3.29. The lowest BCUT2D eigenvalue weighted by molar-refractivity contribution is 0.205. The molecule has 0 aliphatic carbocycles. The third-order valence-corrected chi connectivity index (χ3v) is 2.94. The maximum absolute atomic E-state index is 8.93. The number of methoxy groups -OCH3 is 1. The van der Waals surface area contributed by atoms with Crippen LogP contribution in [0.4, 0.5) is 5.82 Å². The number of oxime groups is 1. The van der Waals surface area contributed by atoms with Gasteiger partial charge in [-0.3, -0.25) is 0 Å². The van der Waals surface area contributed by atoms with Crippen LogP contribution < -0.4 is 10.6 Å². The number of hydrogen-bond acceptors (Lipinski definition) is 5. The summed E-state index contributed by atoms with van der Waals surface area (Å²) in [5.41, 5.74) is 8.28. The van der Waals surface area contributed by atoms with Crippen molar-refractivity contribution in [3.8, 4) is 0 Å². The second-order valence-electron chi connectivity index (χ2n) is 4.34. The molecule has 6 heteroatoms. The summed E-state index contributed by atoms with van der Waals surface area (Å²) in [6.07, 6.45) is 0. The van der Waals surface area contributed by atoms with Crippen LogP contribution in [-0.2, 0) is 4.74 Å². The van der Waals surface area contributed by atoms with Gasteiger partial charge in [-0.2, -0.15) is 0 Å². The Kier molecular flexibility index (Phi) is 5.57. The van der Waals surface area contributed by atoms with Gasteiger partial charge in [0, 0.05) is 25.9 Å². The fourth-order valence-corrected chi connectivity index (χ4v) is 2.03. The maximum Gasteiger partial charge on any atom is 0.174 e. The summed E-state index contributed by atoms with van der Waals surface area (Å²) >= 11 is 0. The van der Waals surface area contributed by atoms with Crippen molar-refractivity contribution in [2.45, 2.75) is 20.8 Å². The van der Waals surface area contributed by atoms with E-state index < -0.39 is 0 Å². The molecule has 0 spiro atoms. The Bertz CT molecular complexity index is 460. The number of ether oxygens (including phenoxy) is 1. The molecule has 0 bridgehead atoms. The van der Waals surface area contributed by atoms with Crippen LogP contribution >= 0.6 is 0 Å². The van der Waals surface area contributed by atoms with Crippen LogP contribution in [0.25, 0.3) is 0 Å². The quantitative estimate of drug-likeness (QED) is 0.350. The molecule has 0 amide bonds. The van der Waals surface area contributed by atoms with Crippen LogP contribution in [-0.4, -0.2) is 42.8 Å². The maximum atomic E-state index is 8.93. The van der Waals surface area contributed by atoms with Gasteiger partial charge >= 0.3 is 0 Å². The topological polar surface area (TPSA) is 84.0 Å². The monoisotopic (exact) mass is 266 g/mol. The molecule has 0 radical (unpaired) electrons. The van der Waals surface area contributed by atoms with Gasteiger partial charge in [-0.1, -0.05) is 5.16 Å². The number of rotatable bonds is 6. The Morgan fingerprint density at radius 3 is 2.74 bits per heavy atom. The Hall–Kier alpha value is -1.82. The van der Waals surface area contributed by atoms with E-state index in [2.05, 4.69) is 15.0 Å². The number of aromatic nitrogens is 1. The molecule has 0 saturated carbocycles. The summed E-state index contributed by atoms with van der Waals surface area (Å²) < 4.78 is 5.10. The molecule has 0 aliphatic heterocycles. The zero-order chi connectivity index (χ0) is 14.4. The number of anilines is 1. The summed E-state index contributed by atoms with van der Waals surface area (Å²) in [7, 11) is 1.66. The van der Waals surface area contributed by atoms with Gasteiger partial charge in [-0.25, -0.2) is 4.98 Å². The first kappa shape index (κ1) is 15.2. The minimum atomic E-state index is 0.0795. The Labute approximate surface area is 113 Å². The highest BCUT2D eigenvalue weighted by molar-refractivity contribution is 6.02. The molecule has 0 unspecified atom stereocenters. The van der Waals surface area contributed by atoms with Gasteiger partial charge in [0.25, 0.3) is 0 Å². The molecule has 19 heavy (non-hydrogen) atoms. The highest BCUT2D eigenvalue weighted by Gasteiger charge is 2.17. The van der Waals surface area contributed by atoms with Crippen LogP contribution in [0.15, 0.2) is 11.2 Å². The van der Waals surface area contributed by atoms with Crippen LogP contribution in [0.3, 0.4) is 0 Å². The van der Waals surface area contributed by atoms with Crippen molar-refractivity contribution in [3.63, 3.8) is 0 Å². The molecule has 3 N–H and O–H groups in total. The zero-order valence-corrected chi connectivity index (χ0v) is 12.0. The average Bonchev–Trinajstić information content (AvgIpc) is 2.38. The van der Waals surface area contributed by atoms with Gasteiger partial charge in [0.1, 0.15) is 5.82 Å². The van der Waals surface area contributed by atoms with E-state index in [1.54, 1.807) is 7.11 Å². The molecule has 6 nitrogen and oxygen atoms in total. The summed E-state index contributed by atoms with van der Waals surface area (Å²) in [5.74, 6) is 0.809. The van der Waals surface area contributed by atoms with Gasteiger partial charge in [0.15, 0.2) is 5.84 Å². The van der Waals surface area contributed by atoms with Gasteiger partial charge in [-0.15, -0.1) is 0 Å². The number of likely N-dealkylation sites (N-methyl/N-ethyl adjacent to an activating group) is 1. The highest BCUT2D eigenvalue weighted by Crippen LogP contribution is 2.22. The molecule has 0 saturated heterocycles. The molecule has 0 aliphatic rings. The van der Waals surface area contributed by atoms with E-state index in [1.807, 2.05) is 26.8 Å². The molecule has 106 valence electrons. The van der Waals surface area contributed by atoms with Crippen molar-refractivity contribution in [1.82, 2.24) is 4.98 Å². The summed E-state index contributed by atoms with van der Waals surface area (Å²) in [6.45, 7) is 7.95. The summed E-state index contributed by atoms with van der Waals surface area (Å²) in [4.78, 5) is 6.58. The summed E-state index contributed by atoms with van der Waals surface area (Å²) in [6, 6.07) is 1.92. The average molecular weight is 266 g/mol. The number of nitrogens with zero attached hydrogens (tertiary/aromatic N) is 3. The smallest absolute Gasteiger partial charge is 0.174 e. The molecule has 1 rings (SSSR count). The molecule has 0 aromatic carbocycles. The van der Waals surface area contributed by atoms with E-state index in [9.17, 15) is 0 Å². The minimum absolute atomic E-state index is 0.0795. The fourth-order valence-electron chi connectivity index (χ4n) is 2.03. The third-order valence-electron chi connectivity index (χ3n) is 2.94. The lowest BCUT2D eigenvalue weighted by atomic mass is 10.1. The van der Waals surface area contributed by atoms with Gasteiger partial charge < -0.3 is 20.6 Å². The standard InChI is InChI=1S/C13H22N4O2/c1-5-17(6-7-19-4)13-11(12(14)16-18)9(2)8-10(3)15-13/h8,18H,5-7H2,1-4H3,(H2,14,16). The van der Waals surface area contributed by atoms with Crippen molar-refractivity contribution >= 4 is 11.7 Å². The van der Waals surface area contributed by atoms with E-state index in [-0.39, 0.29) is 5.84 Å². The number of aryl methyl sites for hydroxylation is 2. The number of amidine groups is 1. The Morgan fingerprint density at radius 2 is 2.21 bits per heavy atom. The minimum Gasteiger partial charge on any atom is -0.409 e. The second-order valence-corrected chi connectivity index (χ2v) is 4.34. The van der Waals surface area contributed by atoms with Crippen LogP contribution in [0, 0.1) is 13.8 Å². The van der Waals surface area contributed by atoms with Crippen LogP contribution in [0.1, 0.15) is 23.7 Å². The van der Waals surface area contributed by atoms with E-state index in [0.717, 1.165) is 23.6 Å². The predicted molar refractivity (Wildman–Crippen MR) is 76.0 cm³/mol. The van der Waals surface area contributed by atoms with Crippen LogP contribution in [0.5, 0.6) is 0 Å². The second kappa shape index (κ2) is 6.94. The molecule has 1 aromatic rings. The lowest BCUT2D eigenvalue weighted by Gasteiger charge is -2.25. The number of nitrogens with two attached hydrogens (primary N) is 1. The largest absolute Gasteiger partial charge is 0.409 e. The van der Waals surface area contributed by atoms with Crippen molar-refractivity contribution < 1.29 is 9.94 Å². The summed E-state index contributed by atoms with van der Waals surface area (Å²) in [5, 5.41) is 12.0. The molecule has 0 fully saturated rings. The number of pyridine rings is 1. The lowest BCUT2D eigenvalue weighted by Crippen LogP contribution is -2.31. The van der Waals surface area contributed by atoms with E-state index in [4.69, 9.17) is 15.7 Å². The third kappa shape index (κ3) is 3.57. The van der Waals surface area contributed by atoms with Gasteiger partial charge in [-0.05, 0) is 32.4 Å². The van der Waals surface area contributed by atoms with Crippen molar-refractivity contribution in [2.75, 3.05) is 31.7 Å².